The highest BCUT2D eigenvalue weighted by Crippen LogP contribution is 2.19. The quantitative estimate of drug-likeness (QED) is 0.0452. The van der Waals surface area contributed by atoms with Gasteiger partial charge < -0.3 is 0 Å². The minimum atomic E-state index is 0.937. The number of allylic oxidation sites excluding steroid dienone is 9. The van der Waals surface area contributed by atoms with Gasteiger partial charge in [0.25, 0.3) is 0 Å². The van der Waals surface area contributed by atoms with Crippen molar-refractivity contribution in [2.24, 2.45) is 5.92 Å². The molecule has 0 aromatic rings. The van der Waals surface area contributed by atoms with E-state index in [9.17, 15) is 0 Å². The number of unbranched alkanes of at least 4 members (excludes halogenated alkanes) is 22. The number of hydrogen-bond donors (Lipinski definition) is 0. The summed E-state index contributed by atoms with van der Waals surface area (Å²) in [5.41, 5.74) is 1.42. The van der Waals surface area contributed by atoms with E-state index in [1.165, 1.54) is 198 Å². The Morgan fingerprint density at radius 3 is 1.14 bits per heavy atom. The molecule has 0 nitrogen and oxygen atoms in total. The molecule has 0 aliphatic heterocycles. The highest BCUT2D eigenvalue weighted by Gasteiger charge is 2.02. The molecule has 0 aliphatic rings. The van der Waals surface area contributed by atoms with Crippen molar-refractivity contribution in [2.45, 2.75) is 247 Å². The molecule has 0 heterocycles. The summed E-state index contributed by atoms with van der Waals surface area (Å²) in [7, 11) is 0. The molecule has 1 unspecified atom stereocenters. The highest BCUT2D eigenvalue weighted by atomic mass is 14.1. The van der Waals surface area contributed by atoms with Gasteiger partial charge in [0, 0.05) is 0 Å². The molecule has 0 radical (unpaired) electrons. The van der Waals surface area contributed by atoms with E-state index in [4.69, 9.17) is 0 Å². The van der Waals surface area contributed by atoms with E-state index >= 15 is 0 Å². The molecule has 288 valence electrons. The Morgan fingerprint density at radius 1 is 0.388 bits per heavy atom. The van der Waals surface area contributed by atoms with Gasteiger partial charge in [-0.3, -0.25) is 0 Å². The molecule has 0 saturated carbocycles. The monoisotopic (exact) mass is 681 g/mol. The predicted molar refractivity (Wildman–Crippen MR) is 230 cm³/mol. The second-order valence-electron chi connectivity index (χ2n) is 15.1. The molecule has 0 spiro atoms. The maximum absolute atomic E-state index is 4.01. The molecule has 1 atom stereocenters. The van der Waals surface area contributed by atoms with Gasteiger partial charge in [-0.25, -0.2) is 0 Å². The molecule has 0 N–H and O–H groups in total. The third-order valence-corrected chi connectivity index (χ3v) is 9.93. The predicted octanol–water partition coefficient (Wildman–Crippen LogP) is 18.3. The van der Waals surface area contributed by atoms with Crippen molar-refractivity contribution in [3.8, 4) is 0 Å². The van der Waals surface area contributed by atoms with Gasteiger partial charge in [-0.2, -0.15) is 0 Å². The Kier molecular flexibility index (Phi) is 47.5. The summed E-state index contributed by atoms with van der Waals surface area (Å²) in [4.78, 5) is 0. The van der Waals surface area contributed by atoms with E-state index in [0.717, 1.165) is 25.2 Å². The lowest BCUT2D eigenvalue weighted by Crippen LogP contribution is -1.95. The van der Waals surface area contributed by atoms with Crippen molar-refractivity contribution in [2.75, 3.05) is 0 Å². The average Bonchev–Trinajstić information content (AvgIpc) is 3.11. The molecule has 0 saturated heterocycles. The smallest absolute Gasteiger partial charge is 0.0169 e. The minimum absolute atomic E-state index is 0.937. The molecule has 0 aliphatic carbocycles. The maximum Gasteiger partial charge on any atom is -0.0169 e. The van der Waals surface area contributed by atoms with E-state index in [-0.39, 0.29) is 0 Å². The lowest BCUT2D eigenvalue weighted by Gasteiger charge is -2.11. The van der Waals surface area contributed by atoms with Crippen LogP contribution in [0, 0.1) is 5.92 Å². The third kappa shape index (κ3) is 48.9. The standard InChI is InChI=1S/C37H68.C12H24/c1-4-6-8-10-12-14-16-18-20-22-24-26-28-30-32-34-36-37(3)35-33-31-29-27-25-23-21-19-17-15-13-11-9-7-5-2;1-4-6-7-8-9-10-11-12(3)5-2/h11-14,17-20,37H,4-10,15-16,21-36H2,1-3H3;3-11H2,1-2H3/b13-11-,14-12-,19-17-,20-18-;. The van der Waals surface area contributed by atoms with Gasteiger partial charge in [0.05, 0.1) is 0 Å². The maximum atomic E-state index is 4.01. The van der Waals surface area contributed by atoms with Crippen LogP contribution in [0.25, 0.3) is 0 Å². The van der Waals surface area contributed by atoms with E-state index in [0.29, 0.717) is 0 Å². The first-order chi connectivity index (χ1) is 24.1. The Bertz CT molecular complexity index is 718. The molecule has 0 aromatic heterocycles. The molecule has 0 fully saturated rings. The molecule has 49 heavy (non-hydrogen) atoms. The second kappa shape index (κ2) is 46.7. The first kappa shape index (κ1) is 49.8. The van der Waals surface area contributed by atoms with E-state index in [1.54, 1.807) is 0 Å². The van der Waals surface area contributed by atoms with Gasteiger partial charge in [-0.05, 0) is 83.0 Å². The Labute approximate surface area is 312 Å². The van der Waals surface area contributed by atoms with Gasteiger partial charge in [0.1, 0.15) is 0 Å². The zero-order chi connectivity index (χ0) is 36.1. The fraction of sp³-hybridized carbons (Fsp3) is 0.796. The van der Waals surface area contributed by atoms with Gasteiger partial charge >= 0.3 is 0 Å². The van der Waals surface area contributed by atoms with Crippen molar-refractivity contribution in [1.29, 1.82) is 0 Å². The van der Waals surface area contributed by atoms with Crippen molar-refractivity contribution < 1.29 is 0 Å². The minimum Gasteiger partial charge on any atom is -0.0999 e. The van der Waals surface area contributed by atoms with Crippen molar-refractivity contribution in [3.63, 3.8) is 0 Å². The van der Waals surface area contributed by atoms with Gasteiger partial charge in [-0.1, -0.05) is 230 Å². The van der Waals surface area contributed by atoms with E-state index < -0.39 is 0 Å². The summed E-state index contributed by atoms with van der Waals surface area (Å²) in [5.74, 6) is 0.937. The summed E-state index contributed by atoms with van der Waals surface area (Å²) in [6.07, 6.45) is 63.7. The van der Waals surface area contributed by atoms with E-state index in [2.05, 4.69) is 89.8 Å². The summed E-state index contributed by atoms with van der Waals surface area (Å²) < 4.78 is 0. The Morgan fingerprint density at radius 2 is 0.714 bits per heavy atom. The van der Waals surface area contributed by atoms with Crippen LogP contribution in [0.2, 0.25) is 0 Å². The number of rotatable bonds is 37. The SMILES string of the molecule is C=C(CC)CCCCCCCC.CCCC/C=C\C/C=C\CCCCCCCCC(C)CCCCCCCC/C=C\C/C=C\CCCCC. The van der Waals surface area contributed by atoms with Crippen LogP contribution in [0.5, 0.6) is 0 Å². The van der Waals surface area contributed by atoms with Crippen LogP contribution in [0.4, 0.5) is 0 Å². The summed E-state index contributed by atoms with van der Waals surface area (Å²) >= 11 is 0. The topological polar surface area (TPSA) is 0 Å². The first-order valence-corrected chi connectivity index (χ1v) is 22.4. The lowest BCUT2D eigenvalue weighted by atomic mass is 9.96. The van der Waals surface area contributed by atoms with Crippen LogP contribution < -0.4 is 0 Å². The van der Waals surface area contributed by atoms with Crippen LogP contribution in [-0.4, -0.2) is 0 Å². The van der Waals surface area contributed by atoms with Crippen LogP contribution in [0.15, 0.2) is 60.8 Å². The molecule has 0 amide bonds. The zero-order valence-corrected chi connectivity index (χ0v) is 34.7. The van der Waals surface area contributed by atoms with Crippen LogP contribution in [0.1, 0.15) is 247 Å². The largest absolute Gasteiger partial charge is 0.0999 e. The van der Waals surface area contributed by atoms with Gasteiger partial charge in [0.2, 0.25) is 0 Å². The molecular formula is C49H92. The molecule has 0 bridgehead atoms. The summed E-state index contributed by atoms with van der Waals surface area (Å²) in [6.45, 7) is 15.5. The Balaban J connectivity index is 0. The molecular weight excluding hydrogens is 589 g/mol. The van der Waals surface area contributed by atoms with E-state index in [1.807, 2.05) is 0 Å². The fourth-order valence-electron chi connectivity index (χ4n) is 6.25. The summed E-state index contributed by atoms with van der Waals surface area (Å²) in [6, 6.07) is 0. The molecule has 0 aromatic carbocycles. The Hall–Kier alpha value is -1.30. The van der Waals surface area contributed by atoms with Crippen LogP contribution in [-0.2, 0) is 0 Å². The average molecular weight is 681 g/mol. The van der Waals surface area contributed by atoms with Gasteiger partial charge in [-0.15, -0.1) is 0 Å². The first-order valence-electron chi connectivity index (χ1n) is 22.4. The summed E-state index contributed by atoms with van der Waals surface area (Å²) in [5, 5.41) is 0. The number of hydrogen-bond acceptors (Lipinski definition) is 0. The second-order valence-corrected chi connectivity index (χ2v) is 15.1. The third-order valence-electron chi connectivity index (χ3n) is 9.93. The zero-order valence-electron chi connectivity index (χ0n) is 34.7. The molecule has 0 rings (SSSR count). The van der Waals surface area contributed by atoms with Crippen LogP contribution in [0.3, 0.4) is 0 Å². The molecule has 0 heteroatoms. The van der Waals surface area contributed by atoms with Gasteiger partial charge in [0.15, 0.2) is 0 Å². The fourth-order valence-corrected chi connectivity index (χ4v) is 6.25. The van der Waals surface area contributed by atoms with Crippen molar-refractivity contribution >= 4 is 0 Å². The normalized spacial score (nSPS) is 12.5. The van der Waals surface area contributed by atoms with Crippen LogP contribution >= 0.6 is 0 Å². The highest BCUT2D eigenvalue weighted by molar-refractivity contribution is 4.94. The van der Waals surface area contributed by atoms with Crippen molar-refractivity contribution in [1.82, 2.24) is 0 Å². The lowest BCUT2D eigenvalue weighted by molar-refractivity contribution is 0.431. The van der Waals surface area contributed by atoms with Crippen molar-refractivity contribution in [3.05, 3.63) is 60.8 Å².